The minimum absolute atomic E-state index is 0.0763. The van der Waals surface area contributed by atoms with Crippen LogP contribution in [0, 0.1) is 0 Å². The second-order valence-corrected chi connectivity index (χ2v) is 3.41. The van der Waals surface area contributed by atoms with E-state index in [0.717, 1.165) is 10.5 Å². The first-order valence-electron chi connectivity index (χ1n) is 4.09. The number of rotatable bonds is 3. The molecule has 0 heterocycles. The van der Waals surface area contributed by atoms with Gasteiger partial charge in [-0.15, -0.1) is 11.8 Å². The number of carbonyl (C=O) groups excluding carboxylic acids is 1. The number of ketones is 1. The van der Waals surface area contributed by atoms with Crippen molar-refractivity contribution in [1.29, 1.82) is 0 Å². The van der Waals surface area contributed by atoms with E-state index in [9.17, 15) is 4.79 Å². The molecule has 0 amide bonds. The van der Waals surface area contributed by atoms with Crippen LogP contribution >= 0.6 is 11.8 Å². The van der Waals surface area contributed by atoms with Gasteiger partial charge in [0.2, 0.25) is 0 Å². The molecule has 1 aromatic rings. The van der Waals surface area contributed by atoms with Crippen molar-refractivity contribution in [1.82, 2.24) is 0 Å². The number of hydrogen-bond donors (Lipinski definition) is 0. The van der Waals surface area contributed by atoms with Crippen molar-refractivity contribution in [3.05, 3.63) is 42.0 Å². The van der Waals surface area contributed by atoms with Crippen molar-refractivity contribution in [3.8, 4) is 0 Å². The van der Waals surface area contributed by atoms with Crippen LogP contribution in [-0.2, 0) is 0 Å². The van der Waals surface area contributed by atoms with Crippen molar-refractivity contribution < 1.29 is 4.79 Å². The molecular formula is C11H12OS. The van der Waals surface area contributed by atoms with Crippen LogP contribution < -0.4 is 0 Å². The summed E-state index contributed by atoms with van der Waals surface area (Å²) in [7, 11) is 0. The lowest BCUT2D eigenvalue weighted by atomic mass is 10.1. The molecule has 0 N–H and O–H groups in total. The van der Waals surface area contributed by atoms with Crippen LogP contribution in [0.15, 0.2) is 41.3 Å². The molecule has 0 radical (unpaired) electrons. The lowest BCUT2D eigenvalue weighted by molar-refractivity contribution is 0.104. The predicted molar refractivity (Wildman–Crippen MR) is 57.4 cm³/mol. The summed E-state index contributed by atoms with van der Waals surface area (Å²) in [5.41, 5.74) is 0.785. The third-order valence-corrected chi connectivity index (χ3v) is 2.49. The first-order chi connectivity index (χ1) is 6.29. The summed E-state index contributed by atoms with van der Waals surface area (Å²) in [6.07, 6.45) is 5.33. The van der Waals surface area contributed by atoms with Crippen molar-refractivity contribution in [2.24, 2.45) is 0 Å². The van der Waals surface area contributed by atoms with Crippen LogP contribution in [0.5, 0.6) is 0 Å². The monoisotopic (exact) mass is 192 g/mol. The molecule has 0 saturated carbocycles. The van der Waals surface area contributed by atoms with E-state index < -0.39 is 0 Å². The summed E-state index contributed by atoms with van der Waals surface area (Å²) in [6, 6.07) is 7.64. The highest BCUT2D eigenvalue weighted by Gasteiger charge is 2.05. The molecular weight excluding hydrogens is 180 g/mol. The lowest BCUT2D eigenvalue weighted by Crippen LogP contribution is -1.95. The fourth-order valence-corrected chi connectivity index (χ4v) is 1.69. The predicted octanol–water partition coefficient (Wildman–Crippen LogP) is 3.17. The highest BCUT2D eigenvalue weighted by molar-refractivity contribution is 7.98. The molecule has 1 aromatic carbocycles. The van der Waals surface area contributed by atoms with E-state index >= 15 is 0 Å². The van der Waals surface area contributed by atoms with Crippen molar-refractivity contribution in [3.63, 3.8) is 0 Å². The zero-order chi connectivity index (χ0) is 9.68. The summed E-state index contributed by atoms with van der Waals surface area (Å²) in [4.78, 5) is 12.6. The van der Waals surface area contributed by atoms with Crippen molar-refractivity contribution >= 4 is 17.5 Å². The maximum Gasteiger partial charge on any atom is 0.186 e. The van der Waals surface area contributed by atoms with Crippen LogP contribution in [0.3, 0.4) is 0 Å². The standard InChI is InChI=1S/C11H12OS/c1-3-6-10(12)9-7-4-5-8-11(9)13-2/h3-8H,1-2H3/b6-3+. The summed E-state index contributed by atoms with van der Waals surface area (Å²) in [6.45, 7) is 1.85. The molecule has 68 valence electrons. The Morgan fingerprint density at radius 3 is 2.69 bits per heavy atom. The summed E-state index contributed by atoms with van der Waals surface area (Å²) >= 11 is 1.59. The molecule has 13 heavy (non-hydrogen) atoms. The molecule has 1 nitrogen and oxygen atoms in total. The average Bonchev–Trinajstić information content (AvgIpc) is 2.18. The average molecular weight is 192 g/mol. The van der Waals surface area contributed by atoms with Crippen LogP contribution in [-0.4, -0.2) is 12.0 Å². The summed E-state index contributed by atoms with van der Waals surface area (Å²) in [5.74, 6) is 0.0763. The third-order valence-electron chi connectivity index (χ3n) is 1.69. The number of benzene rings is 1. The fourth-order valence-electron chi connectivity index (χ4n) is 1.09. The molecule has 0 saturated heterocycles. The van der Waals surface area contributed by atoms with Gasteiger partial charge in [-0.1, -0.05) is 18.2 Å². The highest BCUT2D eigenvalue weighted by Crippen LogP contribution is 2.20. The number of allylic oxidation sites excluding steroid dienone is 2. The molecule has 0 aliphatic rings. The minimum Gasteiger partial charge on any atom is -0.289 e. The zero-order valence-electron chi connectivity index (χ0n) is 7.78. The topological polar surface area (TPSA) is 17.1 Å². The molecule has 0 bridgehead atoms. The summed E-state index contributed by atoms with van der Waals surface area (Å²) < 4.78 is 0. The van der Waals surface area contributed by atoms with Gasteiger partial charge in [-0.2, -0.15) is 0 Å². The molecule has 0 fully saturated rings. The van der Waals surface area contributed by atoms with E-state index in [1.54, 1.807) is 23.9 Å². The van der Waals surface area contributed by atoms with Gasteiger partial charge in [-0.25, -0.2) is 0 Å². The molecule has 0 aromatic heterocycles. The first-order valence-corrected chi connectivity index (χ1v) is 5.32. The molecule has 0 unspecified atom stereocenters. The van der Waals surface area contributed by atoms with Crippen molar-refractivity contribution in [2.75, 3.05) is 6.26 Å². The Hall–Kier alpha value is -1.02. The Kier molecular flexibility index (Phi) is 3.77. The smallest absolute Gasteiger partial charge is 0.186 e. The maximum absolute atomic E-state index is 11.5. The Morgan fingerprint density at radius 1 is 1.38 bits per heavy atom. The van der Waals surface area contributed by atoms with Gasteiger partial charge >= 0.3 is 0 Å². The van der Waals surface area contributed by atoms with Crippen LogP contribution in [0.25, 0.3) is 0 Å². The Morgan fingerprint density at radius 2 is 2.08 bits per heavy atom. The molecule has 2 heteroatoms. The van der Waals surface area contributed by atoms with Crippen LogP contribution in [0.1, 0.15) is 17.3 Å². The second-order valence-electron chi connectivity index (χ2n) is 2.56. The SMILES string of the molecule is C/C=C/C(=O)c1ccccc1SC. The Bertz CT molecular complexity index is 329. The molecule has 0 aliphatic heterocycles. The first kappa shape index (κ1) is 10.1. The quantitative estimate of drug-likeness (QED) is 0.415. The molecule has 1 rings (SSSR count). The van der Waals surface area contributed by atoms with Crippen molar-refractivity contribution in [2.45, 2.75) is 11.8 Å². The molecule has 0 aliphatic carbocycles. The van der Waals surface area contributed by atoms with E-state index in [1.165, 1.54) is 0 Å². The maximum atomic E-state index is 11.5. The van der Waals surface area contributed by atoms with Gasteiger partial charge in [0.1, 0.15) is 0 Å². The van der Waals surface area contributed by atoms with Gasteiger partial charge in [0.15, 0.2) is 5.78 Å². The van der Waals surface area contributed by atoms with Gasteiger partial charge in [-0.3, -0.25) is 4.79 Å². The van der Waals surface area contributed by atoms with Gasteiger partial charge in [0, 0.05) is 10.5 Å². The van der Waals surface area contributed by atoms with E-state index in [2.05, 4.69) is 0 Å². The normalized spacial score (nSPS) is 10.6. The fraction of sp³-hybridized carbons (Fsp3) is 0.182. The van der Waals surface area contributed by atoms with Gasteiger partial charge in [-0.05, 0) is 31.4 Å². The van der Waals surface area contributed by atoms with Gasteiger partial charge in [0.25, 0.3) is 0 Å². The third kappa shape index (κ3) is 2.46. The lowest BCUT2D eigenvalue weighted by Gasteiger charge is -2.01. The number of carbonyl (C=O) groups is 1. The number of thioether (sulfide) groups is 1. The summed E-state index contributed by atoms with van der Waals surface area (Å²) in [5, 5.41) is 0. The zero-order valence-corrected chi connectivity index (χ0v) is 8.60. The molecule has 0 spiro atoms. The Balaban J connectivity index is 3.05. The van der Waals surface area contributed by atoms with E-state index in [4.69, 9.17) is 0 Å². The highest BCUT2D eigenvalue weighted by atomic mass is 32.2. The van der Waals surface area contributed by atoms with E-state index in [1.807, 2.05) is 37.4 Å². The minimum atomic E-state index is 0.0763. The molecule has 0 atom stereocenters. The van der Waals surface area contributed by atoms with Gasteiger partial charge in [0.05, 0.1) is 0 Å². The van der Waals surface area contributed by atoms with E-state index in [-0.39, 0.29) is 5.78 Å². The van der Waals surface area contributed by atoms with Gasteiger partial charge < -0.3 is 0 Å². The Labute approximate surface area is 82.9 Å². The number of hydrogen-bond acceptors (Lipinski definition) is 2. The largest absolute Gasteiger partial charge is 0.289 e. The van der Waals surface area contributed by atoms with E-state index in [0.29, 0.717) is 0 Å². The van der Waals surface area contributed by atoms with Crippen LogP contribution in [0.4, 0.5) is 0 Å². The van der Waals surface area contributed by atoms with Crippen LogP contribution in [0.2, 0.25) is 0 Å². The second kappa shape index (κ2) is 4.87.